The normalized spacial score (nSPS) is 10.8. The van der Waals surface area contributed by atoms with Crippen molar-refractivity contribution in [3.05, 3.63) is 54.1 Å². The van der Waals surface area contributed by atoms with Crippen molar-refractivity contribution in [3.63, 3.8) is 0 Å². The molecule has 1 N–H and O–H groups in total. The number of hydrogen-bond donors (Lipinski definition) is 1. The molecule has 152 valence electrons. The van der Waals surface area contributed by atoms with Crippen molar-refractivity contribution in [1.29, 1.82) is 0 Å². The van der Waals surface area contributed by atoms with Gasteiger partial charge in [-0.2, -0.15) is 0 Å². The van der Waals surface area contributed by atoms with Crippen LogP contribution in [0.15, 0.2) is 53.7 Å². The van der Waals surface area contributed by atoms with E-state index in [0.717, 1.165) is 46.6 Å². The van der Waals surface area contributed by atoms with Gasteiger partial charge < -0.3 is 14.8 Å². The summed E-state index contributed by atoms with van der Waals surface area (Å²) in [6.45, 7) is 7.87. The van der Waals surface area contributed by atoms with Crippen molar-refractivity contribution in [2.75, 3.05) is 29.6 Å². The van der Waals surface area contributed by atoms with Gasteiger partial charge in [-0.1, -0.05) is 42.1 Å². The van der Waals surface area contributed by atoms with Crippen LogP contribution >= 0.6 is 11.8 Å². The quantitative estimate of drug-likeness (QED) is 0.557. The van der Waals surface area contributed by atoms with Crippen molar-refractivity contribution in [1.82, 2.24) is 14.8 Å². The molecule has 1 amide bonds. The van der Waals surface area contributed by atoms with Gasteiger partial charge in [0.05, 0.1) is 5.75 Å². The highest BCUT2D eigenvalue weighted by Gasteiger charge is 2.16. The lowest BCUT2D eigenvalue weighted by Gasteiger charge is -2.17. The molecule has 7 heteroatoms. The number of benzene rings is 2. The zero-order chi connectivity index (χ0) is 20.8. The zero-order valence-electron chi connectivity index (χ0n) is 17.3. The van der Waals surface area contributed by atoms with E-state index < -0.39 is 0 Å². The third kappa shape index (κ3) is 4.98. The molecule has 3 rings (SSSR count). The van der Waals surface area contributed by atoms with Crippen LogP contribution in [-0.2, 0) is 11.3 Å². The molecule has 0 spiro atoms. The first-order valence-corrected chi connectivity index (χ1v) is 10.7. The number of nitrogens with zero attached hydrogens (tertiary/aromatic N) is 4. The Kier molecular flexibility index (Phi) is 6.93. The number of carbonyl (C=O) groups excluding carboxylic acids is 1. The number of thioether (sulfide) groups is 1. The van der Waals surface area contributed by atoms with Crippen molar-refractivity contribution >= 4 is 29.0 Å². The fraction of sp³-hybridized carbons (Fsp3) is 0.318. The van der Waals surface area contributed by atoms with Crippen LogP contribution in [0, 0.1) is 6.92 Å². The smallest absolute Gasteiger partial charge is 0.234 e. The number of rotatable bonds is 8. The van der Waals surface area contributed by atoms with Crippen LogP contribution < -0.4 is 10.2 Å². The van der Waals surface area contributed by atoms with E-state index >= 15 is 0 Å². The van der Waals surface area contributed by atoms with Gasteiger partial charge in [-0.3, -0.25) is 4.79 Å². The molecule has 0 bridgehead atoms. The molecule has 0 aliphatic heterocycles. The fourth-order valence-electron chi connectivity index (χ4n) is 3.03. The third-order valence-electron chi connectivity index (χ3n) is 4.80. The summed E-state index contributed by atoms with van der Waals surface area (Å²) in [5.41, 5.74) is 4.09. The second-order valence-corrected chi connectivity index (χ2v) is 7.71. The maximum atomic E-state index is 12.5. The SMILES string of the molecule is CCN(C)c1cccc(NC(=O)CSc2nnc(-c3ccccc3C)n2CC)c1. The standard InChI is InChI=1S/C22H27N5OS/c1-5-26(4)18-12-9-11-17(14-18)23-20(28)15-29-22-25-24-21(27(22)6-2)19-13-8-7-10-16(19)3/h7-14H,5-6,15H2,1-4H3,(H,23,28). The summed E-state index contributed by atoms with van der Waals surface area (Å²) < 4.78 is 2.05. The number of hydrogen-bond acceptors (Lipinski definition) is 5. The number of amides is 1. The maximum absolute atomic E-state index is 12.5. The van der Waals surface area contributed by atoms with Gasteiger partial charge in [0, 0.05) is 37.1 Å². The van der Waals surface area contributed by atoms with Gasteiger partial charge in [-0.15, -0.1) is 10.2 Å². The number of anilines is 2. The molecule has 0 aliphatic carbocycles. The number of aromatic nitrogens is 3. The van der Waals surface area contributed by atoms with Gasteiger partial charge in [-0.25, -0.2) is 0 Å². The monoisotopic (exact) mass is 409 g/mol. The summed E-state index contributed by atoms with van der Waals surface area (Å²) >= 11 is 1.40. The van der Waals surface area contributed by atoms with E-state index in [1.54, 1.807) is 0 Å². The predicted octanol–water partition coefficient (Wildman–Crippen LogP) is 4.46. The largest absolute Gasteiger partial charge is 0.375 e. The molecule has 0 saturated carbocycles. The lowest BCUT2D eigenvalue weighted by Crippen LogP contribution is -2.17. The second kappa shape index (κ2) is 9.60. The highest BCUT2D eigenvalue weighted by molar-refractivity contribution is 7.99. The Morgan fingerprint density at radius 1 is 1.14 bits per heavy atom. The Balaban J connectivity index is 1.67. The molecule has 0 unspecified atom stereocenters. The van der Waals surface area contributed by atoms with Crippen molar-refractivity contribution in [3.8, 4) is 11.4 Å². The summed E-state index contributed by atoms with van der Waals surface area (Å²) in [4.78, 5) is 14.6. The van der Waals surface area contributed by atoms with Gasteiger partial charge in [0.1, 0.15) is 0 Å². The Morgan fingerprint density at radius 2 is 1.93 bits per heavy atom. The molecule has 0 radical (unpaired) electrons. The van der Waals surface area contributed by atoms with Crippen LogP contribution in [0.3, 0.4) is 0 Å². The van der Waals surface area contributed by atoms with Crippen molar-refractivity contribution in [2.45, 2.75) is 32.5 Å². The van der Waals surface area contributed by atoms with E-state index in [4.69, 9.17) is 0 Å². The molecule has 1 aromatic heterocycles. The van der Waals surface area contributed by atoms with E-state index in [1.807, 2.05) is 49.5 Å². The van der Waals surface area contributed by atoms with Crippen LogP contribution in [-0.4, -0.2) is 40.0 Å². The number of carbonyl (C=O) groups is 1. The minimum absolute atomic E-state index is 0.0607. The summed E-state index contributed by atoms with van der Waals surface area (Å²) in [5.74, 6) is 1.05. The van der Waals surface area contributed by atoms with Crippen LogP contribution in [0.2, 0.25) is 0 Å². The van der Waals surface area contributed by atoms with Gasteiger partial charge >= 0.3 is 0 Å². The lowest BCUT2D eigenvalue weighted by molar-refractivity contribution is -0.113. The summed E-state index contributed by atoms with van der Waals surface area (Å²) in [5, 5.41) is 12.4. The Bertz CT molecular complexity index is 985. The van der Waals surface area contributed by atoms with Gasteiger partial charge in [0.15, 0.2) is 11.0 Å². The van der Waals surface area contributed by atoms with Gasteiger partial charge in [-0.05, 0) is 44.5 Å². The highest BCUT2D eigenvalue weighted by atomic mass is 32.2. The molecule has 1 heterocycles. The average molecular weight is 410 g/mol. The molecule has 29 heavy (non-hydrogen) atoms. The lowest BCUT2D eigenvalue weighted by atomic mass is 10.1. The van der Waals surface area contributed by atoms with E-state index in [2.05, 4.69) is 51.8 Å². The molecule has 0 atom stereocenters. The molecule has 2 aromatic carbocycles. The Labute approximate surface area is 176 Å². The van der Waals surface area contributed by atoms with Gasteiger partial charge in [0.2, 0.25) is 5.91 Å². The third-order valence-corrected chi connectivity index (χ3v) is 5.76. The molecule has 0 aliphatic rings. The zero-order valence-corrected chi connectivity index (χ0v) is 18.2. The van der Waals surface area contributed by atoms with Crippen LogP contribution in [0.1, 0.15) is 19.4 Å². The highest BCUT2D eigenvalue weighted by Crippen LogP contribution is 2.26. The molecule has 3 aromatic rings. The van der Waals surface area contributed by atoms with E-state index in [9.17, 15) is 4.79 Å². The molecular formula is C22H27N5OS. The number of aryl methyl sites for hydroxylation is 1. The first kappa shape index (κ1) is 20.9. The molecule has 0 saturated heterocycles. The summed E-state index contributed by atoms with van der Waals surface area (Å²) in [6.07, 6.45) is 0. The summed E-state index contributed by atoms with van der Waals surface area (Å²) in [6, 6.07) is 16.0. The summed E-state index contributed by atoms with van der Waals surface area (Å²) in [7, 11) is 2.03. The maximum Gasteiger partial charge on any atom is 0.234 e. The Morgan fingerprint density at radius 3 is 2.66 bits per heavy atom. The van der Waals surface area contributed by atoms with E-state index in [0.29, 0.717) is 0 Å². The van der Waals surface area contributed by atoms with E-state index in [1.165, 1.54) is 11.8 Å². The van der Waals surface area contributed by atoms with Gasteiger partial charge in [0.25, 0.3) is 0 Å². The minimum Gasteiger partial charge on any atom is -0.375 e. The van der Waals surface area contributed by atoms with Crippen molar-refractivity contribution < 1.29 is 4.79 Å². The first-order chi connectivity index (χ1) is 14.0. The predicted molar refractivity (Wildman–Crippen MR) is 121 cm³/mol. The molecular weight excluding hydrogens is 382 g/mol. The molecule has 0 fully saturated rings. The fourth-order valence-corrected chi connectivity index (χ4v) is 3.84. The van der Waals surface area contributed by atoms with Crippen LogP contribution in [0.25, 0.3) is 11.4 Å². The van der Waals surface area contributed by atoms with Crippen LogP contribution in [0.5, 0.6) is 0 Å². The minimum atomic E-state index is -0.0607. The van der Waals surface area contributed by atoms with Crippen LogP contribution in [0.4, 0.5) is 11.4 Å². The van der Waals surface area contributed by atoms with Crippen molar-refractivity contribution in [2.24, 2.45) is 0 Å². The Hall–Kier alpha value is -2.80. The molecule has 6 nitrogen and oxygen atoms in total. The number of nitrogens with one attached hydrogen (secondary N) is 1. The topological polar surface area (TPSA) is 63.1 Å². The van der Waals surface area contributed by atoms with E-state index in [-0.39, 0.29) is 11.7 Å². The second-order valence-electron chi connectivity index (χ2n) is 6.77. The average Bonchev–Trinajstić information content (AvgIpc) is 3.14. The first-order valence-electron chi connectivity index (χ1n) is 9.76.